The Hall–Kier alpha value is -6.46. The third-order valence-corrected chi connectivity index (χ3v) is 9.14. The molecule has 0 atom stereocenters. The van der Waals surface area contributed by atoms with Gasteiger partial charge in [0.15, 0.2) is 17.5 Å². The van der Waals surface area contributed by atoms with Crippen molar-refractivity contribution in [3.05, 3.63) is 146 Å². The van der Waals surface area contributed by atoms with Gasteiger partial charge in [-0.3, -0.25) is 4.98 Å². The minimum Gasteiger partial charge on any atom is -0.456 e. The predicted octanol–water partition coefficient (Wildman–Crippen LogP) is 10.8. The molecule has 0 aliphatic carbocycles. The number of furan rings is 1. The van der Waals surface area contributed by atoms with Gasteiger partial charge < -0.3 is 4.42 Å². The first-order chi connectivity index (χ1) is 23.3. The fourth-order valence-electron chi connectivity index (χ4n) is 6.88. The second-order valence-electron chi connectivity index (χ2n) is 11.9. The molecule has 0 aliphatic heterocycles. The van der Waals surface area contributed by atoms with Crippen molar-refractivity contribution in [1.29, 1.82) is 0 Å². The zero-order valence-electron chi connectivity index (χ0n) is 25.1. The molecule has 0 amide bonds. The van der Waals surface area contributed by atoms with E-state index in [0.29, 0.717) is 23.2 Å². The van der Waals surface area contributed by atoms with Crippen LogP contribution in [0.3, 0.4) is 0 Å². The van der Waals surface area contributed by atoms with E-state index in [9.17, 15) is 0 Å². The number of para-hydroxylation sites is 1. The normalized spacial score (nSPS) is 11.8. The first-order valence-electron chi connectivity index (χ1n) is 15.6. The average molecular weight is 601 g/mol. The zero-order valence-corrected chi connectivity index (χ0v) is 25.1. The Bertz CT molecular complexity index is 2870. The highest BCUT2D eigenvalue weighted by atomic mass is 16.3. The van der Waals surface area contributed by atoms with Crippen LogP contribution in [0.5, 0.6) is 0 Å². The van der Waals surface area contributed by atoms with Crippen molar-refractivity contribution >= 4 is 65.0 Å². The number of aromatic nitrogens is 4. The average Bonchev–Trinajstić information content (AvgIpc) is 3.53. The first-order valence-corrected chi connectivity index (χ1v) is 15.6. The SMILES string of the molecule is c1ccc2cc(-c3nc(-c4ccc5c(ccc6c7ccccc7ccc56)c4)nc(-c4nccc5oc6ccccc6c45)n3)ccc2c1. The van der Waals surface area contributed by atoms with Gasteiger partial charge in [-0.05, 0) is 67.4 Å². The Labute approximate surface area is 268 Å². The second kappa shape index (κ2) is 10.0. The quantitative estimate of drug-likeness (QED) is 0.189. The highest BCUT2D eigenvalue weighted by Gasteiger charge is 2.19. The number of hydrogen-bond acceptors (Lipinski definition) is 5. The van der Waals surface area contributed by atoms with Crippen LogP contribution in [0.1, 0.15) is 0 Å². The maximum Gasteiger partial charge on any atom is 0.183 e. The number of hydrogen-bond donors (Lipinski definition) is 0. The molecule has 5 heteroatoms. The molecule has 3 heterocycles. The lowest BCUT2D eigenvalue weighted by Crippen LogP contribution is -2.01. The van der Waals surface area contributed by atoms with Gasteiger partial charge in [-0.25, -0.2) is 15.0 Å². The molecule has 0 saturated heterocycles. The highest BCUT2D eigenvalue weighted by Crippen LogP contribution is 2.37. The van der Waals surface area contributed by atoms with E-state index in [1.165, 1.54) is 26.9 Å². The van der Waals surface area contributed by atoms with Crippen molar-refractivity contribution in [2.45, 2.75) is 0 Å². The summed E-state index contributed by atoms with van der Waals surface area (Å²) in [5, 5.41) is 11.4. The van der Waals surface area contributed by atoms with Gasteiger partial charge >= 0.3 is 0 Å². The molecule has 0 aliphatic rings. The molecule has 0 radical (unpaired) electrons. The van der Waals surface area contributed by atoms with E-state index < -0.39 is 0 Å². The van der Waals surface area contributed by atoms with Crippen LogP contribution in [0.2, 0.25) is 0 Å². The Morgan fingerprint density at radius 2 is 0.957 bits per heavy atom. The van der Waals surface area contributed by atoms with E-state index in [1.54, 1.807) is 6.20 Å². The monoisotopic (exact) mass is 600 g/mol. The molecule has 7 aromatic carbocycles. The van der Waals surface area contributed by atoms with Crippen molar-refractivity contribution < 1.29 is 4.42 Å². The molecule has 0 bridgehead atoms. The van der Waals surface area contributed by atoms with Crippen molar-refractivity contribution in [2.24, 2.45) is 0 Å². The van der Waals surface area contributed by atoms with Crippen LogP contribution in [0.4, 0.5) is 0 Å². The van der Waals surface area contributed by atoms with Gasteiger partial charge in [0, 0.05) is 22.7 Å². The maximum absolute atomic E-state index is 6.19. The molecular formula is C42H24N4O. The summed E-state index contributed by atoms with van der Waals surface area (Å²) in [6, 6.07) is 48.4. The molecule has 3 aromatic heterocycles. The molecule has 10 rings (SSSR count). The van der Waals surface area contributed by atoms with Crippen molar-refractivity contribution in [1.82, 2.24) is 19.9 Å². The lowest BCUT2D eigenvalue weighted by atomic mass is 9.96. The summed E-state index contributed by atoms with van der Waals surface area (Å²) >= 11 is 0. The lowest BCUT2D eigenvalue weighted by Gasteiger charge is -2.11. The van der Waals surface area contributed by atoms with E-state index in [2.05, 4.69) is 103 Å². The number of nitrogens with zero attached hydrogens (tertiary/aromatic N) is 4. The van der Waals surface area contributed by atoms with Crippen LogP contribution < -0.4 is 0 Å². The van der Waals surface area contributed by atoms with Gasteiger partial charge in [-0.15, -0.1) is 0 Å². The molecule has 10 aromatic rings. The van der Waals surface area contributed by atoms with Crippen molar-refractivity contribution in [3.63, 3.8) is 0 Å². The minimum atomic E-state index is 0.500. The van der Waals surface area contributed by atoms with E-state index in [-0.39, 0.29) is 0 Å². The van der Waals surface area contributed by atoms with Crippen LogP contribution in [0.25, 0.3) is 99.3 Å². The van der Waals surface area contributed by atoms with E-state index >= 15 is 0 Å². The maximum atomic E-state index is 6.19. The van der Waals surface area contributed by atoms with Crippen LogP contribution in [-0.2, 0) is 0 Å². The molecule has 0 saturated carbocycles. The lowest BCUT2D eigenvalue weighted by molar-refractivity contribution is 0.668. The first kappa shape index (κ1) is 25.8. The zero-order chi connectivity index (χ0) is 30.9. The summed E-state index contributed by atoms with van der Waals surface area (Å²) in [5.74, 6) is 1.68. The second-order valence-corrected chi connectivity index (χ2v) is 11.9. The number of pyridine rings is 1. The van der Waals surface area contributed by atoms with Crippen molar-refractivity contribution in [2.75, 3.05) is 0 Å². The standard InChI is InChI=1S/C42H24N4O/c1-2-9-27-23-29(14-13-25(27)7-1)40-44-41(46-42(45-40)39-38-35-11-5-6-12-36(35)47-37(38)21-22-43-39)30-17-18-32-28(24-30)16-20-33-31-10-4-3-8-26(31)15-19-34(32)33/h1-24H. The molecule has 47 heavy (non-hydrogen) atoms. The largest absolute Gasteiger partial charge is 0.456 e. The Morgan fingerprint density at radius 1 is 0.383 bits per heavy atom. The molecule has 218 valence electrons. The van der Waals surface area contributed by atoms with Gasteiger partial charge in [0.25, 0.3) is 0 Å². The molecule has 5 nitrogen and oxygen atoms in total. The Balaban J connectivity index is 1.21. The topological polar surface area (TPSA) is 64.7 Å². The minimum absolute atomic E-state index is 0.500. The van der Waals surface area contributed by atoms with E-state index in [4.69, 9.17) is 24.4 Å². The summed E-state index contributed by atoms with van der Waals surface area (Å²) < 4.78 is 6.19. The smallest absolute Gasteiger partial charge is 0.183 e. The summed E-state index contributed by atoms with van der Waals surface area (Å²) in [6.07, 6.45) is 1.75. The predicted molar refractivity (Wildman–Crippen MR) is 191 cm³/mol. The summed E-state index contributed by atoms with van der Waals surface area (Å²) in [6.45, 7) is 0. The Kier molecular flexibility index (Phi) is 5.51. The third kappa shape index (κ3) is 4.10. The van der Waals surface area contributed by atoms with Gasteiger partial charge in [0.2, 0.25) is 0 Å². The fourth-order valence-corrected chi connectivity index (χ4v) is 6.88. The van der Waals surface area contributed by atoms with Crippen molar-refractivity contribution in [3.8, 4) is 34.3 Å². The van der Waals surface area contributed by atoms with Gasteiger partial charge in [-0.1, -0.05) is 115 Å². The Morgan fingerprint density at radius 3 is 1.79 bits per heavy atom. The summed E-state index contributed by atoms with van der Waals surface area (Å²) in [4.78, 5) is 20.0. The van der Waals surface area contributed by atoms with Crippen LogP contribution in [0.15, 0.2) is 150 Å². The summed E-state index contributed by atoms with van der Waals surface area (Å²) in [5.41, 5.74) is 4.03. The summed E-state index contributed by atoms with van der Waals surface area (Å²) in [7, 11) is 0. The van der Waals surface area contributed by atoms with E-state index in [0.717, 1.165) is 49.2 Å². The molecule has 0 unspecified atom stereocenters. The van der Waals surface area contributed by atoms with E-state index in [1.807, 2.05) is 36.4 Å². The molecular weight excluding hydrogens is 576 g/mol. The number of rotatable bonds is 3. The molecule has 0 spiro atoms. The van der Waals surface area contributed by atoms with Crippen LogP contribution >= 0.6 is 0 Å². The molecule has 0 fully saturated rings. The van der Waals surface area contributed by atoms with Gasteiger partial charge in [0.1, 0.15) is 16.9 Å². The molecule has 0 N–H and O–H groups in total. The van der Waals surface area contributed by atoms with Crippen LogP contribution in [0, 0.1) is 0 Å². The highest BCUT2D eigenvalue weighted by molar-refractivity contribution is 6.17. The van der Waals surface area contributed by atoms with Gasteiger partial charge in [-0.2, -0.15) is 0 Å². The third-order valence-electron chi connectivity index (χ3n) is 9.14. The van der Waals surface area contributed by atoms with Crippen LogP contribution in [-0.4, -0.2) is 19.9 Å². The fraction of sp³-hybridized carbons (Fsp3) is 0. The number of benzene rings is 7. The number of fused-ring (bicyclic) bond motifs is 9. The van der Waals surface area contributed by atoms with Gasteiger partial charge in [0.05, 0.1) is 5.39 Å².